The molecular weight excluding hydrogens is 456 g/mol. The zero-order valence-electron chi connectivity index (χ0n) is 18.4. The van der Waals surface area contributed by atoms with Gasteiger partial charge in [-0.05, 0) is 75.8 Å². The van der Waals surface area contributed by atoms with Gasteiger partial charge in [0.1, 0.15) is 17.3 Å². The molecule has 0 radical (unpaired) electrons. The molecule has 0 bridgehead atoms. The van der Waals surface area contributed by atoms with Gasteiger partial charge in [0, 0.05) is 19.6 Å². The first-order chi connectivity index (χ1) is 14.3. The molecule has 2 aromatic rings. The topological polar surface area (TPSA) is 79.0 Å². The molecule has 32 heavy (non-hydrogen) atoms. The number of likely N-dealkylation sites (tertiary alicyclic amines) is 1. The fraction of sp³-hybridized carbons (Fsp3) is 0.435. The maximum atomic E-state index is 14.4. The molecule has 1 amide bonds. The highest BCUT2D eigenvalue weighted by Gasteiger charge is 2.35. The van der Waals surface area contributed by atoms with E-state index < -0.39 is 11.4 Å². The highest BCUT2D eigenvalue weighted by atomic mass is 35.5. The van der Waals surface area contributed by atoms with Gasteiger partial charge in [-0.1, -0.05) is 12.1 Å². The zero-order chi connectivity index (χ0) is 21.7. The molecule has 1 aliphatic rings. The minimum Gasteiger partial charge on any atom is -0.457 e. The molecule has 0 aliphatic carbocycles. The first-order valence-electron chi connectivity index (χ1n) is 10.2. The molecular formula is C23H32Cl2FN3O3. The van der Waals surface area contributed by atoms with Crippen LogP contribution in [0.25, 0.3) is 0 Å². The van der Waals surface area contributed by atoms with Crippen molar-refractivity contribution in [3.63, 3.8) is 0 Å². The molecule has 2 aromatic carbocycles. The van der Waals surface area contributed by atoms with Crippen LogP contribution in [0, 0.1) is 5.82 Å². The summed E-state index contributed by atoms with van der Waals surface area (Å²) in [6.45, 7) is 1.88. The number of piperidine rings is 1. The Morgan fingerprint density at radius 2 is 1.72 bits per heavy atom. The van der Waals surface area contributed by atoms with E-state index >= 15 is 0 Å². The summed E-state index contributed by atoms with van der Waals surface area (Å²) in [5.41, 5.74) is 5.83. The third-order valence-electron chi connectivity index (χ3n) is 5.35. The van der Waals surface area contributed by atoms with Gasteiger partial charge in [0.25, 0.3) is 5.91 Å². The molecule has 1 aliphatic heterocycles. The summed E-state index contributed by atoms with van der Waals surface area (Å²) in [4.78, 5) is 16.4. The summed E-state index contributed by atoms with van der Waals surface area (Å²) in [6, 6.07) is 11.7. The Hall–Kier alpha value is -1.90. The van der Waals surface area contributed by atoms with Crippen molar-refractivity contribution in [1.29, 1.82) is 0 Å². The predicted molar refractivity (Wildman–Crippen MR) is 129 cm³/mol. The van der Waals surface area contributed by atoms with E-state index in [1.165, 1.54) is 18.2 Å². The summed E-state index contributed by atoms with van der Waals surface area (Å²) in [5.74, 6) is 0.0304. The van der Waals surface area contributed by atoms with Gasteiger partial charge in [-0.25, -0.2) is 4.39 Å². The Balaban J connectivity index is 0.00000256. The van der Waals surface area contributed by atoms with Gasteiger partial charge in [0.15, 0.2) is 0 Å². The second-order valence-corrected chi connectivity index (χ2v) is 8.18. The number of hydrogen-bond acceptors (Lipinski definition) is 5. The van der Waals surface area contributed by atoms with E-state index in [-0.39, 0.29) is 36.3 Å². The number of carbonyl (C=O) groups is 1. The smallest absolute Gasteiger partial charge is 0.256 e. The molecule has 0 saturated carbocycles. The van der Waals surface area contributed by atoms with Crippen LogP contribution < -0.4 is 10.5 Å². The van der Waals surface area contributed by atoms with Crippen LogP contribution in [0.4, 0.5) is 4.39 Å². The molecule has 3 N–H and O–H groups in total. The molecule has 178 valence electrons. The molecule has 1 saturated heterocycles. The number of halogens is 3. The molecule has 6 nitrogen and oxygen atoms in total. The van der Waals surface area contributed by atoms with Crippen LogP contribution in [0.15, 0.2) is 42.5 Å². The third-order valence-corrected chi connectivity index (χ3v) is 5.35. The van der Waals surface area contributed by atoms with E-state index in [2.05, 4.69) is 0 Å². The van der Waals surface area contributed by atoms with Crippen molar-refractivity contribution in [2.24, 2.45) is 5.73 Å². The van der Waals surface area contributed by atoms with Crippen molar-refractivity contribution in [3.05, 3.63) is 59.4 Å². The van der Waals surface area contributed by atoms with E-state index in [0.717, 1.165) is 12.0 Å². The number of nitrogens with zero attached hydrogens (tertiary/aromatic N) is 2. The second-order valence-electron chi connectivity index (χ2n) is 8.18. The Labute approximate surface area is 201 Å². The molecule has 0 aromatic heterocycles. The van der Waals surface area contributed by atoms with Crippen molar-refractivity contribution in [2.75, 3.05) is 40.3 Å². The van der Waals surface area contributed by atoms with E-state index in [9.17, 15) is 14.3 Å². The van der Waals surface area contributed by atoms with Crippen LogP contribution in [0.3, 0.4) is 0 Å². The number of benzene rings is 2. The van der Waals surface area contributed by atoms with Crippen LogP contribution in [0.5, 0.6) is 11.5 Å². The van der Waals surface area contributed by atoms with Gasteiger partial charge < -0.3 is 25.4 Å². The van der Waals surface area contributed by atoms with Gasteiger partial charge >= 0.3 is 0 Å². The highest BCUT2D eigenvalue weighted by molar-refractivity contribution is 5.95. The van der Waals surface area contributed by atoms with Crippen molar-refractivity contribution >= 4 is 30.7 Å². The van der Waals surface area contributed by atoms with Crippen molar-refractivity contribution in [3.8, 4) is 11.5 Å². The zero-order valence-corrected chi connectivity index (χ0v) is 20.1. The van der Waals surface area contributed by atoms with Gasteiger partial charge in [-0.2, -0.15) is 0 Å². The predicted octanol–water partition coefficient (Wildman–Crippen LogP) is 3.49. The largest absolute Gasteiger partial charge is 0.457 e. The van der Waals surface area contributed by atoms with Crippen molar-refractivity contribution < 1.29 is 19.0 Å². The maximum Gasteiger partial charge on any atom is 0.256 e. The fourth-order valence-electron chi connectivity index (χ4n) is 3.80. The minimum atomic E-state index is -0.820. The number of carbonyl (C=O) groups excluding carboxylic acids is 1. The Bertz CT molecular complexity index is 873. The summed E-state index contributed by atoms with van der Waals surface area (Å²) < 4.78 is 20.2. The van der Waals surface area contributed by atoms with E-state index in [0.29, 0.717) is 50.5 Å². The standard InChI is InChI=1S/C23H30FN3O3.2ClH/c1-26(2)16-23(29)10-13-27(14-11-23)22(28)20-15-19(7-8-21(20)24)30-18-5-3-17(4-6-18)9-12-25;;/h3-8,15,29H,9-14,16,25H2,1-2H3;2*1H. The second kappa shape index (κ2) is 12.4. The summed E-state index contributed by atoms with van der Waals surface area (Å²) in [6.07, 6.45) is 1.71. The van der Waals surface area contributed by atoms with Crippen LogP contribution >= 0.6 is 24.8 Å². The van der Waals surface area contributed by atoms with Crippen LogP contribution in [-0.2, 0) is 6.42 Å². The number of hydrogen-bond donors (Lipinski definition) is 2. The molecule has 0 spiro atoms. The molecule has 3 rings (SSSR count). The Kier molecular flexibility index (Phi) is 10.9. The van der Waals surface area contributed by atoms with Crippen molar-refractivity contribution in [1.82, 2.24) is 9.80 Å². The number of likely N-dealkylation sites (N-methyl/N-ethyl adjacent to an activating group) is 1. The van der Waals surface area contributed by atoms with Gasteiger partial charge in [0.05, 0.1) is 11.2 Å². The fourth-order valence-corrected chi connectivity index (χ4v) is 3.80. The molecule has 9 heteroatoms. The number of amides is 1. The van der Waals surface area contributed by atoms with Crippen LogP contribution in [0.2, 0.25) is 0 Å². The monoisotopic (exact) mass is 487 g/mol. The SMILES string of the molecule is CN(C)CC1(O)CCN(C(=O)c2cc(Oc3ccc(CCN)cc3)ccc2F)CC1.Cl.Cl. The normalized spacial score (nSPS) is 15.0. The number of aliphatic hydroxyl groups is 1. The van der Waals surface area contributed by atoms with Crippen LogP contribution in [-0.4, -0.2) is 66.7 Å². The third kappa shape index (κ3) is 7.32. The minimum absolute atomic E-state index is 0. The molecule has 1 fully saturated rings. The lowest BCUT2D eigenvalue weighted by atomic mass is 9.90. The first-order valence-corrected chi connectivity index (χ1v) is 10.2. The average Bonchev–Trinajstić information content (AvgIpc) is 2.70. The maximum absolute atomic E-state index is 14.4. The lowest BCUT2D eigenvalue weighted by Gasteiger charge is -2.39. The summed E-state index contributed by atoms with van der Waals surface area (Å²) in [5, 5.41) is 10.6. The summed E-state index contributed by atoms with van der Waals surface area (Å²) in [7, 11) is 3.81. The number of rotatable bonds is 7. The summed E-state index contributed by atoms with van der Waals surface area (Å²) >= 11 is 0. The number of ether oxygens (including phenoxy) is 1. The average molecular weight is 488 g/mol. The quantitative estimate of drug-likeness (QED) is 0.624. The van der Waals surface area contributed by atoms with E-state index in [1.54, 1.807) is 4.90 Å². The van der Waals surface area contributed by atoms with Gasteiger partial charge in [-0.3, -0.25) is 4.79 Å². The van der Waals surface area contributed by atoms with E-state index in [4.69, 9.17) is 10.5 Å². The number of nitrogens with two attached hydrogens (primary N) is 1. The Morgan fingerprint density at radius 1 is 1.12 bits per heavy atom. The molecule has 0 atom stereocenters. The first kappa shape index (κ1) is 28.1. The highest BCUT2D eigenvalue weighted by Crippen LogP contribution is 2.27. The van der Waals surface area contributed by atoms with Gasteiger partial charge in [0.2, 0.25) is 0 Å². The van der Waals surface area contributed by atoms with Crippen LogP contribution in [0.1, 0.15) is 28.8 Å². The van der Waals surface area contributed by atoms with Gasteiger partial charge in [-0.15, -0.1) is 24.8 Å². The lowest BCUT2D eigenvalue weighted by Crippen LogP contribution is -2.51. The molecule has 1 heterocycles. The lowest BCUT2D eigenvalue weighted by molar-refractivity contribution is -0.0325. The Morgan fingerprint density at radius 3 is 2.28 bits per heavy atom. The van der Waals surface area contributed by atoms with E-state index in [1.807, 2.05) is 43.3 Å². The van der Waals surface area contributed by atoms with Crippen molar-refractivity contribution in [2.45, 2.75) is 24.9 Å². The molecule has 0 unspecified atom stereocenters.